The maximum Gasteiger partial charge on any atom is 0.224 e. The number of fused-ring (bicyclic) bond motifs is 1. The molecule has 1 amide bonds. The van der Waals surface area contributed by atoms with Crippen LogP contribution in [0.4, 0.5) is 5.69 Å². The minimum atomic E-state index is 0.110. The molecule has 1 fully saturated rings. The van der Waals surface area contributed by atoms with Gasteiger partial charge in [-0.25, -0.2) is 0 Å². The number of ether oxygens (including phenoxy) is 1. The fraction of sp³-hybridized carbons (Fsp3) is 0.562. The van der Waals surface area contributed by atoms with Crippen LogP contribution in [0.5, 0.6) is 5.75 Å². The highest BCUT2D eigenvalue weighted by Gasteiger charge is 2.17. The van der Waals surface area contributed by atoms with E-state index in [4.69, 9.17) is 4.74 Å². The van der Waals surface area contributed by atoms with Crippen molar-refractivity contribution in [2.45, 2.75) is 57.5 Å². The molecule has 0 atom stereocenters. The summed E-state index contributed by atoms with van der Waals surface area (Å²) in [6.45, 7) is 0. The third-order valence-electron chi connectivity index (χ3n) is 4.08. The van der Waals surface area contributed by atoms with Crippen molar-refractivity contribution in [3.8, 4) is 5.75 Å². The van der Waals surface area contributed by atoms with Crippen LogP contribution in [0.3, 0.4) is 0 Å². The van der Waals surface area contributed by atoms with Crippen LogP contribution in [0.15, 0.2) is 18.2 Å². The Morgan fingerprint density at radius 3 is 2.63 bits per heavy atom. The van der Waals surface area contributed by atoms with Crippen molar-refractivity contribution in [1.29, 1.82) is 0 Å². The van der Waals surface area contributed by atoms with E-state index >= 15 is 0 Å². The normalized spacial score (nSPS) is 20.3. The lowest BCUT2D eigenvalue weighted by Crippen LogP contribution is -2.19. The lowest BCUT2D eigenvalue weighted by atomic mass is 10.0. The molecule has 0 aromatic heterocycles. The van der Waals surface area contributed by atoms with Crippen LogP contribution in [-0.4, -0.2) is 12.0 Å². The molecule has 0 bridgehead atoms. The van der Waals surface area contributed by atoms with E-state index in [1.165, 1.54) is 31.2 Å². The van der Waals surface area contributed by atoms with E-state index in [2.05, 4.69) is 11.4 Å². The minimum absolute atomic E-state index is 0.110. The summed E-state index contributed by atoms with van der Waals surface area (Å²) in [5, 5.41) is 2.93. The second-order valence-corrected chi connectivity index (χ2v) is 5.60. The summed E-state index contributed by atoms with van der Waals surface area (Å²) in [4.78, 5) is 11.4. The number of rotatable bonds is 2. The van der Waals surface area contributed by atoms with E-state index in [0.29, 0.717) is 12.5 Å². The van der Waals surface area contributed by atoms with Crippen molar-refractivity contribution in [2.75, 3.05) is 5.32 Å². The van der Waals surface area contributed by atoms with Gasteiger partial charge in [-0.05, 0) is 43.7 Å². The second-order valence-electron chi connectivity index (χ2n) is 5.60. The fourth-order valence-corrected chi connectivity index (χ4v) is 2.98. The molecule has 1 aliphatic heterocycles. The zero-order chi connectivity index (χ0) is 13.1. The first kappa shape index (κ1) is 12.5. The largest absolute Gasteiger partial charge is 0.490 e. The third kappa shape index (κ3) is 3.09. The van der Waals surface area contributed by atoms with Gasteiger partial charge in [0.25, 0.3) is 0 Å². The van der Waals surface area contributed by atoms with Crippen LogP contribution in [0.25, 0.3) is 0 Å². The first-order valence-corrected chi connectivity index (χ1v) is 7.41. The summed E-state index contributed by atoms with van der Waals surface area (Å²) in [6.07, 6.45) is 9.30. The molecule has 1 heterocycles. The van der Waals surface area contributed by atoms with Gasteiger partial charge in [0.2, 0.25) is 5.91 Å². The Balaban J connectivity index is 1.71. The van der Waals surface area contributed by atoms with E-state index in [9.17, 15) is 4.79 Å². The molecule has 0 unspecified atom stereocenters. The van der Waals surface area contributed by atoms with Gasteiger partial charge in [-0.15, -0.1) is 0 Å². The van der Waals surface area contributed by atoms with Crippen LogP contribution in [0.2, 0.25) is 0 Å². The molecule has 1 aromatic carbocycles. The molecule has 19 heavy (non-hydrogen) atoms. The molecular formula is C16H21NO2. The van der Waals surface area contributed by atoms with Gasteiger partial charge in [0.1, 0.15) is 5.75 Å². The quantitative estimate of drug-likeness (QED) is 0.823. The van der Waals surface area contributed by atoms with Crippen LogP contribution in [0, 0.1) is 0 Å². The van der Waals surface area contributed by atoms with Crippen molar-refractivity contribution in [1.82, 2.24) is 0 Å². The summed E-state index contributed by atoms with van der Waals surface area (Å²) >= 11 is 0. The number of anilines is 1. The van der Waals surface area contributed by atoms with Gasteiger partial charge in [-0.2, -0.15) is 0 Å². The highest BCUT2D eigenvalue weighted by molar-refractivity contribution is 5.94. The van der Waals surface area contributed by atoms with E-state index in [1.54, 1.807) is 0 Å². The third-order valence-corrected chi connectivity index (χ3v) is 4.08. The average Bonchev–Trinajstić information content (AvgIpc) is 2.67. The first-order chi connectivity index (χ1) is 9.31. The minimum Gasteiger partial charge on any atom is -0.490 e. The molecule has 1 aromatic rings. The van der Waals surface area contributed by atoms with Gasteiger partial charge in [0, 0.05) is 18.2 Å². The Labute approximate surface area is 114 Å². The Morgan fingerprint density at radius 1 is 1.05 bits per heavy atom. The Hall–Kier alpha value is -1.51. The summed E-state index contributed by atoms with van der Waals surface area (Å²) < 4.78 is 6.09. The molecule has 1 saturated carbocycles. The van der Waals surface area contributed by atoms with E-state index in [0.717, 1.165) is 30.7 Å². The summed E-state index contributed by atoms with van der Waals surface area (Å²) in [5.74, 6) is 1.01. The van der Waals surface area contributed by atoms with Crippen molar-refractivity contribution in [3.63, 3.8) is 0 Å². The molecule has 3 rings (SSSR count). The van der Waals surface area contributed by atoms with Crippen molar-refractivity contribution < 1.29 is 9.53 Å². The van der Waals surface area contributed by atoms with Crippen LogP contribution in [0.1, 0.15) is 50.5 Å². The molecule has 3 heteroatoms. The average molecular weight is 259 g/mol. The first-order valence-electron chi connectivity index (χ1n) is 7.41. The van der Waals surface area contributed by atoms with Gasteiger partial charge in [0.05, 0.1) is 6.10 Å². The second kappa shape index (κ2) is 5.64. The molecule has 1 N–H and O–H groups in total. The van der Waals surface area contributed by atoms with Crippen LogP contribution in [-0.2, 0) is 11.2 Å². The Kier molecular flexibility index (Phi) is 3.72. The maximum atomic E-state index is 11.4. The Bertz CT molecular complexity index is 462. The lowest BCUT2D eigenvalue weighted by Gasteiger charge is -2.21. The molecule has 102 valence electrons. The number of benzene rings is 1. The number of hydrogen-bond acceptors (Lipinski definition) is 2. The number of aryl methyl sites for hydroxylation is 1. The highest BCUT2D eigenvalue weighted by atomic mass is 16.5. The SMILES string of the molecule is O=C1CCc2ccc(OC3CCCCCC3)cc2N1. The van der Waals surface area contributed by atoms with Crippen LogP contribution < -0.4 is 10.1 Å². The fourth-order valence-electron chi connectivity index (χ4n) is 2.98. The highest BCUT2D eigenvalue weighted by Crippen LogP contribution is 2.29. The zero-order valence-corrected chi connectivity index (χ0v) is 11.3. The number of carbonyl (C=O) groups is 1. The van der Waals surface area contributed by atoms with Gasteiger partial charge in [0.15, 0.2) is 0 Å². The number of nitrogens with one attached hydrogen (secondary N) is 1. The van der Waals surface area contributed by atoms with Crippen LogP contribution >= 0.6 is 0 Å². The van der Waals surface area contributed by atoms with Crippen molar-refractivity contribution >= 4 is 11.6 Å². The Morgan fingerprint density at radius 2 is 1.84 bits per heavy atom. The summed E-state index contributed by atoms with van der Waals surface area (Å²) in [6, 6.07) is 6.11. The molecular weight excluding hydrogens is 238 g/mol. The number of carbonyl (C=O) groups excluding carboxylic acids is 1. The predicted octanol–water partition coefficient (Wildman–Crippen LogP) is 3.67. The summed E-state index contributed by atoms with van der Waals surface area (Å²) in [5.41, 5.74) is 2.15. The van der Waals surface area contributed by atoms with Gasteiger partial charge >= 0.3 is 0 Å². The molecule has 1 aliphatic carbocycles. The smallest absolute Gasteiger partial charge is 0.224 e. The van der Waals surface area contributed by atoms with E-state index < -0.39 is 0 Å². The lowest BCUT2D eigenvalue weighted by molar-refractivity contribution is -0.116. The molecule has 3 nitrogen and oxygen atoms in total. The monoisotopic (exact) mass is 259 g/mol. The van der Waals surface area contributed by atoms with Gasteiger partial charge in [-0.3, -0.25) is 4.79 Å². The zero-order valence-electron chi connectivity index (χ0n) is 11.3. The molecule has 0 spiro atoms. The number of hydrogen-bond donors (Lipinski definition) is 1. The molecule has 0 saturated heterocycles. The van der Waals surface area contributed by atoms with Gasteiger partial charge < -0.3 is 10.1 Å². The van der Waals surface area contributed by atoms with E-state index in [-0.39, 0.29) is 5.91 Å². The predicted molar refractivity (Wildman–Crippen MR) is 75.5 cm³/mol. The summed E-state index contributed by atoms with van der Waals surface area (Å²) in [7, 11) is 0. The maximum absolute atomic E-state index is 11.4. The van der Waals surface area contributed by atoms with Crippen molar-refractivity contribution in [2.24, 2.45) is 0 Å². The van der Waals surface area contributed by atoms with E-state index in [1.807, 2.05) is 12.1 Å². The standard InChI is InChI=1S/C16H21NO2/c18-16-10-8-12-7-9-14(11-15(12)17-16)19-13-5-3-1-2-4-6-13/h7,9,11,13H,1-6,8,10H2,(H,17,18). The van der Waals surface area contributed by atoms with Gasteiger partial charge in [-0.1, -0.05) is 18.9 Å². The van der Waals surface area contributed by atoms with Crippen molar-refractivity contribution in [3.05, 3.63) is 23.8 Å². The molecule has 0 radical (unpaired) electrons. The topological polar surface area (TPSA) is 38.3 Å². The molecule has 2 aliphatic rings. The number of amides is 1.